The Labute approximate surface area is 236 Å². The standard InChI is InChI=1S/C28H33ClN8O3/c1-3-31-26(38)22-5-4-10-36(22)27-33-20-12-21(25-34-28(39)40-35-25)32-23(18-11-19(29)14-30-13-18)24(20)37(27)15-17-8-6-16(2)7-9-17/h11-14,16-17,22H,3-10,15H2,1-2H3,(H,31,38)(H,34,35,39)/t16-,17-,22-/m0/s1. The Balaban J connectivity index is 1.56. The molecule has 11 nitrogen and oxygen atoms in total. The smallest absolute Gasteiger partial charge is 0.355 e. The Kier molecular flexibility index (Phi) is 7.31. The minimum atomic E-state index is -0.664. The van der Waals surface area contributed by atoms with Crippen molar-refractivity contribution in [3.63, 3.8) is 0 Å². The molecular formula is C28H33ClN8O3. The fourth-order valence-corrected chi connectivity index (χ4v) is 6.26. The molecule has 1 amide bonds. The number of nitrogens with zero attached hydrogens (tertiary/aromatic N) is 6. The third-order valence-corrected chi connectivity index (χ3v) is 8.31. The first kappa shape index (κ1) is 26.5. The van der Waals surface area contributed by atoms with E-state index in [-0.39, 0.29) is 17.8 Å². The van der Waals surface area contributed by atoms with Crippen LogP contribution in [0, 0.1) is 11.8 Å². The number of aromatic nitrogens is 6. The lowest BCUT2D eigenvalue weighted by Crippen LogP contribution is -2.44. The number of anilines is 1. The largest absolute Gasteiger partial charge is 0.439 e. The predicted octanol–water partition coefficient (Wildman–Crippen LogP) is 4.42. The van der Waals surface area contributed by atoms with Crippen molar-refractivity contribution in [1.82, 2.24) is 35.0 Å². The number of imidazole rings is 1. The predicted molar refractivity (Wildman–Crippen MR) is 152 cm³/mol. The number of carbonyl (C=O) groups is 1. The van der Waals surface area contributed by atoms with E-state index in [1.165, 1.54) is 12.8 Å². The van der Waals surface area contributed by atoms with Gasteiger partial charge in [-0.05, 0) is 56.6 Å². The Bertz CT molecular complexity index is 1590. The van der Waals surface area contributed by atoms with Gasteiger partial charge in [0.1, 0.15) is 11.7 Å². The summed E-state index contributed by atoms with van der Waals surface area (Å²) in [4.78, 5) is 43.9. The molecule has 2 aliphatic rings. The number of hydrogen-bond acceptors (Lipinski definition) is 8. The van der Waals surface area contributed by atoms with Gasteiger partial charge in [0.2, 0.25) is 17.7 Å². The number of hydrogen-bond donors (Lipinski definition) is 2. The minimum absolute atomic E-state index is 0.0170. The molecule has 0 unspecified atom stereocenters. The van der Waals surface area contributed by atoms with Crippen LogP contribution in [0.1, 0.15) is 52.4 Å². The first-order chi connectivity index (χ1) is 19.4. The highest BCUT2D eigenvalue weighted by Crippen LogP contribution is 2.38. The van der Waals surface area contributed by atoms with Gasteiger partial charge in [0.05, 0.1) is 21.7 Å². The van der Waals surface area contributed by atoms with Gasteiger partial charge < -0.3 is 14.8 Å². The van der Waals surface area contributed by atoms with E-state index in [1.807, 2.05) is 19.1 Å². The van der Waals surface area contributed by atoms with Crippen LogP contribution in [0.4, 0.5) is 5.95 Å². The van der Waals surface area contributed by atoms with Crippen molar-refractivity contribution in [2.24, 2.45) is 11.8 Å². The van der Waals surface area contributed by atoms with Crippen LogP contribution in [0.2, 0.25) is 5.02 Å². The highest BCUT2D eigenvalue weighted by atomic mass is 35.5. The summed E-state index contributed by atoms with van der Waals surface area (Å²) < 4.78 is 7.01. The lowest BCUT2D eigenvalue weighted by atomic mass is 9.83. The van der Waals surface area contributed by atoms with Crippen LogP contribution in [0.5, 0.6) is 0 Å². The number of fused-ring (bicyclic) bond motifs is 1. The number of likely N-dealkylation sites (N-methyl/N-ethyl adjacent to an activating group) is 1. The molecule has 4 aromatic heterocycles. The molecule has 0 spiro atoms. The molecule has 2 N–H and O–H groups in total. The highest BCUT2D eigenvalue weighted by molar-refractivity contribution is 6.30. The normalized spacial score (nSPS) is 21.3. The van der Waals surface area contributed by atoms with E-state index in [1.54, 1.807) is 12.4 Å². The van der Waals surface area contributed by atoms with Crippen molar-refractivity contribution >= 4 is 34.5 Å². The van der Waals surface area contributed by atoms with Gasteiger partial charge in [0.25, 0.3) is 0 Å². The van der Waals surface area contributed by atoms with E-state index in [2.05, 4.69) is 36.8 Å². The van der Waals surface area contributed by atoms with Crippen LogP contribution in [-0.2, 0) is 11.3 Å². The maximum Gasteiger partial charge on any atom is 0.439 e. The van der Waals surface area contributed by atoms with Crippen molar-refractivity contribution in [2.75, 3.05) is 18.0 Å². The quantitative estimate of drug-likeness (QED) is 0.337. The Morgan fingerprint density at radius 1 is 1.18 bits per heavy atom. The second kappa shape index (κ2) is 11.0. The number of rotatable bonds is 7. The number of H-pyrrole nitrogens is 1. The monoisotopic (exact) mass is 564 g/mol. The molecule has 1 aliphatic heterocycles. The van der Waals surface area contributed by atoms with Crippen molar-refractivity contribution < 1.29 is 9.32 Å². The van der Waals surface area contributed by atoms with Crippen LogP contribution < -0.4 is 16.0 Å². The maximum atomic E-state index is 13.1. The first-order valence-electron chi connectivity index (χ1n) is 14.0. The molecule has 0 radical (unpaired) electrons. The molecule has 0 aromatic carbocycles. The van der Waals surface area contributed by atoms with Gasteiger partial charge in [-0.25, -0.2) is 14.8 Å². The summed E-state index contributed by atoms with van der Waals surface area (Å²) >= 11 is 6.37. The zero-order valence-electron chi connectivity index (χ0n) is 22.7. The fraction of sp³-hybridized carbons (Fsp3) is 0.500. The zero-order valence-corrected chi connectivity index (χ0v) is 23.4. The number of aromatic amines is 1. The highest BCUT2D eigenvalue weighted by Gasteiger charge is 2.35. The molecule has 6 rings (SSSR count). The molecule has 1 atom stereocenters. The van der Waals surface area contributed by atoms with E-state index in [0.717, 1.165) is 61.7 Å². The van der Waals surface area contributed by atoms with Crippen LogP contribution in [0.15, 0.2) is 33.8 Å². The molecule has 2 fully saturated rings. The molecule has 40 heavy (non-hydrogen) atoms. The number of amides is 1. The minimum Gasteiger partial charge on any atom is -0.355 e. The second-order valence-electron chi connectivity index (χ2n) is 11.0. The van der Waals surface area contributed by atoms with Gasteiger partial charge in [-0.3, -0.25) is 19.3 Å². The summed E-state index contributed by atoms with van der Waals surface area (Å²) in [6.07, 6.45) is 9.64. The third kappa shape index (κ3) is 5.10. The van der Waals surface area contributed by atoms with Crippen molar-refractivity contribution in [2.45, 2.75) is 65.0 Å². The Hall–Kier alpha value is -3.73. The topological polar surface area (TPSA) is 135 Å². The summed E-state index contributed by atoms with van der Waals surface area (Å²) in [6.45, 7) is 6.33. The second-order valence-corrected chi connectivity index (χ2v) is 11.4. The molecule has 1 saturated carbocycles. The summed E-state index contributed by atoms with van der Waals surface area (Å²) in [5, 5.41) is 7.34. The number of halogens is 1. The van der Waals surface area contributed by atoms with Gasteiger partial charge in [0.15, 0.2) is 0 Å². The van der Waals surface area contributed by atoms with E-state index >= 15 is 0 Å². The number of nitrogens with one attached hydrogen (secondary N) is 2. The first-order valence-corrected chi connectivity index (χ1v) is 14.4. The molecule has 0 bridgehead atoms. The fourth-order valence-electron chi connectivity index (χ4n) is 6.08. The van der Waals surface area contributed by atoms with Crippen LogP contribution >= 0.6 is 11.6 Å². The zero-order chi connectivity index (χ0) is 27.8. The number of pyridine rings is 2. The van der Waals surface area contributed by atoms with Gasteiger partial charge in [-0.15, -0.1) is 0 Å². The molecular weight excluding hydrogens is 532 g/mol. The molecule has 4 aromatic rings. The molecule has 5 heterocycles. The average Bonchev–Trinajstić information content (AvgIpc) is 3.68. The SMILES string of the molecule is CCNC(=O)[C@@H]1CCCN1c1nc2cc(-c3noc(=O)[nH]3)nc(-c3cncc(Cl)c3)c2n1C[C@H]1CC[C@H](C)CC1. The van der Waals surface area contributed by atoms with Crippen molar-refractivity contribution in [3.8, 4) is 22.8 Å². The molecule has 1 saturated heterocycles. The van der Waals surface area contributed by atoms with E-state index < -0.39 is 5.76 Å². The van der Waals surface area contributed by atoms with Crippen molar-refractivity contribution in [1.29, 1.82) is 0 Å². The van der Waals surface area contributed by atoms with Gasteiger partial charge in [-0.2, -0.15) is 0 Å². The van der Waals surface area contributed by atoms with Crippen molar-refractivity contribution in [3.05, 3.63) is 40.1 Å². The average molecular weight is 565 g/mol. The van der Waals surface area contributed by atoms with Gasteiger partial charge in [-0.1, -0.05) is 36.5 Å². The van der Waals surface area contributed by atoms with E-state index in [4.69, 9.17) is 26.1 Å². The summed E-state index contributed by atoms with van der Waals surface area (Å²) in [5.74, 6) is 1.53. The Morgan fingerprint density at radius 3 is 2.73 bits per heavy atom. The number of carbonyl (C=O) groups excluding carboxylic acids is 1. The van der Waals surface area contributed by atoms with Gasteiger partial charge >= 0.3 is 5.76 Å². The third-order valence-electron chi connectivity index (χ3n) is 8.11. The Morgan fingerprint density at radius 2 is 2.00 bits per heavy atom. The van der Waals surface area contributed by atoms with Crippen LogP contribution in [0.25, 0.3) is 33.8 Å². The summed E-state index contributed by atoms with van der Waals surface area (Å²) in [5.41, 5.74) is 3.29. The summed E-state index contributed by atoms with van der Waals surface area (Å²) in [7, 11) is 0. The molecule has 210 valence electrons. The lowest BCUT2D eigenvalue weighted by molar-refractivity contribution is -0.122. The molecule has 1 aliphatic carbocycles. The van der Waals surface area contributed by atoms with Gasteiger partial charge in [0, 0.05) is 37.6 Å². The van der Waals surface area contributed by atoms with E-state index in [0.29, 0.717) is 34.4 Å². The molecule has 12 heteroatoms. The lowest BCUT2D eigenvalue weighted by Gasteiger charge is -2.30. The van der Waals surface area contributed by atoms with E-state index in [9.17, 15) is 9.59 Å². The van der Waals surface area contributed by atoms with Crippen LogP contribution in [-0.4, -0.2) is 54.7 Å². The maximum absolute atomic E-state index is 13.1. The summed E-state index contributed by atoms with van der Waals surface area (Å²) in [6, 6.07) is 3.33. The van der Waals surface area contributed by atoms with Crippen LogP contribution in [0.3, 0.4) is 0 Å².